The molecule has 0 aromatic rings. The molecule has 0 amide bonds. The molecule has 1 N–H and O–H groups in total. The van der Waals surface area contributed by atoms with Gasteiger partial charge in [-0.25, -0.2) is 0 Å². The molecule has 6 nitrogen and oxygen atoms in total. The Kier molecular flexibility index (Phi) is 8.01. The summed E-state index contributed by atoms with van der Waals surface area (Å²) in [6, 6.07) is 0. The van der Waals surface area contributed by atoms with Crippen molar-refractivity contribution in [2.45, 2.75) is 69.6 Å². The van der Waals surface area contributed by atoms with Crippen molar-refractivity contribution in [1.29, 1.82) is 0 Å². The number of guanidine groups is 1. The summed E-state index contributed by atoms with van der Waals surface area (Å²) in [7, 11) is 0. The highest BCUT2D eigenvalue weighted by atomic mass is 32.2. The molecule has 0 aromatic carbocycles. The van der Waals surface area contributed by atoms with Gasteiger partial charge in [0.2, 0.25) is 0 Å². The summed E-state index contributed by atoms with van der Waals surface area (Å²) < 4.78 is 12.0. The summed E-state index contributed by atoms with van der Waals surface area (Å²) in [5.41, 5.74) is 0.278. The minimum absolute atomic E-state index is 0.179. The molecule has 166 valence electrons. The third kappa shape index (κ3) is 5.41. The minimum atomic E-state index is 0.179. The fraction of sp³-hybridized carbons (Fsp3) is 0.955. The molecular weight excluding hydrogens is 384 g/mol. The molecule has 2 atom stereocenters. The molecule has 4 rings (SSSR count). The van der Waals surface area contributed by atoms with Gasteiger partial charge in [0.1, 0.15) is 6.10 Å². The van der Waals surface area contributed by atoms with Gasteiger partial charge in [-0.2, -0.15) is 11.8 Å². The number of thioether (sulfide) groups is 1. The Bertz CT molecular complexity index is 529. The predicted octanol–water partition coefficient (Wildman–Crippen LogP) is 2.58. The van der Waals surface area contributed by atoms with Crippen LogP contribution in [0, 0.1) is 0 Å². The lowest BCUT2D eigenvalue weighted by molar-refractivity contribution is -0.0817. The maximum atomic E-state index is 6.07. The van der Waals surface area contributed by atoms with Gasteiger partial charge in [0.15, 0.2) is 5.96 Å². The fourth-order valence-corrected chi connectivity index (χ4v) is 6.36. The van der Waals surface area contributed by atoms with Gasteiger partial charge in [-0.1, -0.05) is 19.3 Å². The summed E-state index contributed by atoms with van der Waals surface area (Å²) in [6.07, 6.45) is 9.44. The Morgan fingerprint density at radius 3 is 2.55 bits per heavy atom. The first kappa shape index (κ1) is 21.7. The van der Waals surface area contributed by atoms with Crippen LogP contribution < -0.4 is 5.32 Å². The molecule has 0 bridgehead atoms. The molecule has 0 radical (unpaired) electrons. The zero-order valence-corrected chi connectivity index (χ0v) is 19.1. The van der Waals surface area contributed by atoms with E-state index in [-0.39, 0.29) is 17.7 Å². The van der Waals surface area contributed by atoms with Crippen LogP contribution in [0.1, 0.15) is 51.9 Å². The molecule has 2 unspecified atom stereocenters. The molecule has 3 saturated heterocycles. The molecular formula is C22H40N4O2S. The van der Waals surface area contributed by atoms with E-state index in [1.54, 1.807) is 0 Å². The van der Waals surface area contributed by atoms with Crippen LogP contribution in [0.5, 0.6) is 0 Å². The Labute approximate surface area is 181 Å². The number of morpholine rings is 1. The normalized spacial score (nSPS) is 31.8. The second-order valence-corrected chi connectivity index (χ2v) is 10.2. The van der Waals surface area contributed by atoms with Gasteiger partial charge < -0.3 is 19.7 Å². The summed E-state index contributed by atoms with van der Waals surface area (Å²) in [5, 5.41) is 3.58. The summed E-state index contributed by atoms with van der Waals surface area (Å²) in [6.45, 7) is 9.94. The van der Waals surface area contributed by atoms with E-state index in [0.717, 1.165) is 58.2 Å². The van der Waals surface area contributed by atoms with Crippen molar-refractivity contribution in [2.24, 2.45) is 4.99 Å². The van der Waals surface area contributed by atoms with Crippen LogP contribution in [0.2, 0.25) is 0 Å². The standard InChI is InChI=1S/C22H40N4O2S/c1-2-23-21(25-10-14-28-20(17-25)19-7-6-13-27-19)24-18-22(8-4-3-5-9-22)26-11-15-29-16-12-26/h19-20H,2-18H2,1H3,(H,23,24). The molecule has 1 saturated carbocycles. The molecule has 0 spiro atoms. The predicted molar refractivity (Wildman–Crippen MR) is 121 cm³/mol. The van der Waals surface area contributed by atoms with Crippen molar-refractivity contribution in [3.05, 3.63) is 0 Å². The molecule has 7 heteroatoms. The lowest BCUT2D eigenvalue weighted by atomic mass is 9.80. The topological polar surface area (TPSA) is 49.3 Å². The highest BCUT2D eigenvalue weighted by Crippen LogP contribution is 2.35. The first-order valence-electron chi connectivity index (χ1n) is 11.9. The number of aliphatic imine (C=N–C) groups is 1. The largest absolute Gasteiger partial charge is 0.375 e. The zero-order valence-electron chi connectivity index (χ0n) is 18.2. The molecule has 29 heavy (non-hydrogen) atoms. The molecule has 4 aliphatic rings. The van der Waals surface area contributed by atoms with Crippen LogP contribution in [0.3, 0.4) is 0 Å². The van der Waals surface area contributed by atoms with E-state index in [4.69, 9.17) is 14.5 Å². The maximum absolute atomic E-state index is 6.07. The van der Waals surface area contributed by atoms with Crippen molar-refractivity contribution in [3.63, 3.8) is 0 Å². The van der Waals surface area contributed by atoms with Gasteiger partial charge in [0, 0.05) is 56.4 Å². The number of hydrogen-bond acceptors (Lipinski definition) is 5. The summed E-state index contributed by atoms with van der Waals surface area (Å²) in [5.74, 6) is 3.63. The van der Waals surface area contributed by atoms with Gasteiger partial charge >= 0.3 is 0 Å². The highest BCUT2D eigenvalue weighted by Gasteiger charge is 2.39. The third-order valence-electron chi connectivity index (χ3n) is 7.10. The van der Waals surface area contributed by atoms with Crippen molar-refractivity contribution >= 4 is 17.7 Å². The van der Waals surface area contributed by atoms with E-state index in [2.05, 4.69) is 33.8 Å². The van der Waals surface area contributed by atoms with Crippen LogP contribution in [0.15, 0.2) is 4.99 Å². The van der Waals surface area contributed by atoms with E-state index < -0.39 is 0 Å². The number of nitrogens with one attached hydrogen (secondary N) is 1. The van der Waals surface area contributed by atoms with E-state index in [1.807, 2.05) is 0 Å². The first-order chi connectivity index (χ1) is 14.3. The smallest absolute Gasteiger partial charge is 0.194 e. The molecule has 0 aromatic heterocycles. The Morgan fingerprint density at radius 1 is 1.03 bits per heavy atom. The average Bonchev–Trinajstić information content (AvgIpc) is 3.33. The van der Waals surface area contributed by atoms with Gasteiger partial charge in [0.25, 0.3) is 0 Å². The van der Waals surface area contributed by atoms with Crippen molar-refractivity contribution < 1.29 is 9.47 Å². The third-order valence-corrected chi connectivity index (χ3v) is 8.04. The van der Waals surface area contributed by atoms with Crippen molar-refractivity contribution in [1.82, 2.24) is 15.1 Å². The van der Waals surface area contributed by atoms with Crippen LogP contribution >= 0.6 is 11.8 Å². The Morgan fingerprint density at radius 2 is 1.83 bits per heavy atom. The van der Waals surface area contributed by atoms with Crippen LogP contribution in [-0.4, -0.2) is 97.5 Å². The molecule has 1 aliphatic carbocycles. The lowest BCUT2D eigenvalue weighted by Crippen LogP contribution is -2.57. The van der Waals surface area contributed by atoms with Gasteiger partial charge in [-0.15, -0.1) is 0 Å². The van der Waals surface area contributed by atoms with Crippen molar-refractivity contribution in [2.75, 3.05) is 64.0 Å². The first-order valence-corrected chi connectivity index (χ1v) is 13.1. The number of nitrogens with zero attached hydrogens (tertiary/aromatic N) is 3. The number of hydrogen-bond donors (Lipinski definition) is 1. The van der Waals surface area contributed by atoms with Crippen LogP contribution in [0.25, 0.3) is 0 Å². The highest BCUT2D eigenvalue weighted by molar-refractivity contribution is 7.99. The Hall–Kier alpha value is -0.500. The lowest BCUT2D eigenvalue weighted by Gasteiger charge is -2.47. The minimum Gasteiger partial charge on any atom is -0.375 e. The van der Waals surface area contributed by atoms with E-state index in [9.17, 15) is 0 Å². The monoisotopic (exact) mass is 424 g/mol. The van der Waals surface area contributed by atoms with E-state index in [0.29, 0.717) is 0 Å². The maximum Gasteiger partial charge on any atom is 0.194 e. The molecule has 4 fully saturated rings. The molecule has 3 aliphatic heterocycles. The van der Waals surface area contributed by atoms with Gasteiger partial charge in [-0.05, 0) is 32.6 Å². The number of ether oxygens (including phenoxy) is 2. The second kappa shape index (κ2) is 10.7. The van der Waals surface area contributed by atoms with E-state index in [1.165, 1.54) is 56.7 Å². The summed E-state index contributed by atoms with van der Waals surface area (Å²) in [4.78, 5) is 10.5. The van der Waals surface area contributed by atoms with Gasteiger partial charge in [0.05, 0.1) is 19.3 Å². The quantitative estimate of drug-likeness (QED) is 0.541. The van der Waals surface area contributed by atoms with Crippen LogP contribution in [0.4, 0.5) is 0 Å². The summed E-state index contributed by atoms with van der Waals surface area (Å²) >= 11 is 2.11. The fourth-order valence-electron chi connectivity index (χ4n) is 5.46. The van der Waals surface area contributed by atoms with E-state index >= 15 is 0 Å². The number of rotatable bonds is 5. The van der Waals surface area contributed by atoms with Gasteiger partial charge in [-0.3, -0.25) is 9.89 Å². The van der Waals surface area contributed by atoms with Crippen LogP contribution in [-0.2, 0) is 9.47 Å². The average molecular weight is 425 g/mol. The second-order valence-electron chi connectivity index (χ2n) is 8.96. The molecule has 3 heterocycles. The Balaban J connectivity index is 1.45. The zero-order chi connectivity index (χ0) is 19.9. The SMILES string of the molecule is CCNC(=NCC1(N2CCSCC2)CCCCC1)N1CCOC(C2CCCO2)C1. The van der Waals surface area contributed by atoms with Crippen molar-refractivity contribution in [3.8, 4) is 0 Å².